The van der Waals surface area contributed by atoms with E-state index in [2.05, 4.69) is 16.3 Å². The Morgan fingerprint density at radius 3 is 2.63 bits per heavy atom. The number of nitriles is 1. The van der Waals surface area contributed by atoms with E-state index in [1.807, 2.05) is 11.9 Å². The first-order valence-corrected chi connectivity index (χ1v) is 11.0. The van der Waals surface area contributed by atoms with Gasteiger partial charge in [-0.3, -0.25) is 14.9 Å². The summed E-state index contributed by atoms with van der Waals surface area (Å²) in [5.74, 6) is 1.98. The monoisotopic (exact) mass is 389 g/mol. The third kappa shape index (κ3) is 3.32. The molecule has 0 aromatic carbocycles. The molecule has 0 spiro atoms. The average molecular weight is 390 g/mol. The van der Waals surface area contributed by atoms with Crippen molar-refractivity contribution < 1.29 is 9.59 Å². The Balaban J connectivity index is 1.51. The third-order valence-electron chi connectivity index (χ3n) is 6.43. The number of nitrogens with zero attached hydrogens (tertiary/aromatic N) is 4. The lowest BCUT2D eigenvalue weighted by atomic mass is 9.77. The van der Waals surface area contributed by atoms with Crippen LogP contribution in [-0.4, -0.2) is 83.5 Å². The summed E-state index contributed by atoms with van der Waals surface area (Å²) in [4.78, 5) is 31.3. The van der Waals surface area contributed by atoms with E-state index in [-0.39, 0.29) is 29.8 Å². The van der Waals surface area contributed by atoms with Gasteiger partial charge in [0.15, 0.2) is 0 Å². The summed E-state index contributed by atoms with van der Waals surface area (Å²) in [7, 11) is 1.84. The first kappa shape index (κ1) is 18.6. The van der Waals surface area contributed by atoms with Gasteiger partial charge < -0.3 is 14.7 Å². The van der Waals surface area contributed by atoms with Crippen molar-refractivity contribution in [3.05, 3.63) is 11.3 Å². The number of thioether (sulfide) groups is 1. The summed E-state index contributed by atoms with van der Waals surface area (Å²) in [5.41, 5.74) is 1.27. The molecule has 8 heteroatoms. The highest BCUT2D eigenvalue weighted by molar-refractivity contribution is 7.99. The van der Waals surface area contributed by atoms with Gasteiger partial charge in [-0.1, -0.05) is 12.8 Å². The molecule has 0 aromatic heterocycles. The van der Waals surface area contributed by atoms with Crippen molar-refractivity contribution in [2.24, 2.45) is 5.92 Å². The van der Waals surface area contributed by atoms with Crippen molar-refractivity contribution in [3.63, 3.8) is 0 Å². The first-order valence-electron chi connectivity index (χ1n) is 9.88. The molecule has 0 aromatic rings. The summed E-state index contributed by atoms with van der Waals surface area (Å²) in [5, 5.41) is 12.9. The quantitative estimate of drug-likeness (QED) is 0.745. The number of carbonyl (C=O) groups excluding carboxylic acids is 2. The van der Waals surface area contributed by atoms with Crippen molar-refractivity contribution in [2.45, 2.75) is 37.8 Å². The van der Waals surface area contributed by atoms with Crippen LogP contribution in [0.3, 0.4) is 0 Å². The zero-order valence-electron chi connectivity index (χ0n) is 15.8. The minimum absolute atomic E-state index is 0.0666. The van der Waals surface area contributed by atoms with Crippen LogP contribution in [0.1, 0.15) is 25.7 Å². The molecule has 2 amide bonds. The number of amides is 2. The summed E-state index contributed by atoms with van der Waals surface area (Å²) >= 11 is 1.76. The van der Waals surface area contributed by atoms with Gasteiger partial charge in [-0.15, -0.1) is 11.8 Å². The Labute approximate surface area is 164 Å². The molecule has 0 bridgehead atoms. The highest BCUT2D eigenvalue weighted by atomic mass is 32.2. The maximum atomic E-state index is 12.8. The highest BCUT2D eigenvalue weighted by Crippen LogP contribution is 2.40. The van der Waals surface area contributed by atoms with E-state index in [1.165, 1.54) is 0 Å². The Kier molecular flexibility index (Phi) is 5.33. The van der Waals surface area contributed by atoms with E-state index in [9.17, 15) is 14.9 Å². The molecule has 1 aliphatic carbocycles. The van der Waals surface area contributed by atoms with Gasteiger partial charge >= 0.3 is 0 Å². The predicted octanol–water partition coefficient (Wildman–Crippen LogP) is 0.602. The second-order valence-corrected chi connectivity index (χ2v) is 8.86. The zero-order chi connectivity index (χ0) is 19.0. The number of hydrogen-bond donors (Lipinski definition) is 1. The molecule has 27 heavy (non-hydrogen) atoms. The predicted molar refractivity (Wildman–Crippen MR) is 104 cm³/mol. The van der Waals surface area contributed by atoms with Gasteiger partial charge in [-0.2, -0.15) is 5.26 Å². The van der Waals surface area contributed by atoms with E-state index in [0.717, 1.165) is 43.0 Å². The third-order valence-corrected chi connectivity index (χ3v) is 7.37. The van der Waals surface area contributed by atoms with Gasteiger partial charge in [-0.05, 0) is 12.8 Å². The Morgan fingerprint density at radius 2 is 1.96 bits per heavy atom. The Morgan fingerprint density at radius 1 is 1.22 bits per heavy atom. The molecule has 2 saturated heterocycles. The number of hydrogen-bond acceptors (Lipinski definition) is 6. The van der Waals surface area contributed by atoms with Crippen LogP contribution in [0, 0.1) is 17.2 Å². The fourth-order valence-electron chi connectivity index (χ4n) is 4.96. The van der Waals surface area contributed by atoms with E-state index in [4.69, 9.17) is 0 Å². The number of carbonyl (C=O) groups is 2. The van der Waals surface area contributed by atoms with Crippen molar-refractivity contribution in [2.75, 3.05) is 44.9 Å². The molecule has 0 radical (unpaired) electrons. The summed E-state index contributed by atoms with van der Waals surface area (Å²) in [6.07, 6.45) is 4.33. The molecule has 3 aliphatic heterocycles. The molecule has 4 rings (SSSR count). The van der Waals surface area contributed by atoms with Crippen molar-refractivity contribution in [3.8, 4) is 6.07 Å². The fraction of sp³-hybridized carbons (Fsp3) is 0.737. The lowest BCUT2D eigenvalue weighted by Gasteiger charge is -2.48. The van der Waals surface area contributed by atoms with Crippen LogP contribution in [0.2, 0.25) is 0 Å². The SMILES string of the molecule is CN1C(=O)C(C#N)=C(N2CCN(C(=O)C3CSCN3)CC2)C2CCCCC21. The molecule has 3 unspecified atom stereocenters. The maximum absolute atomic E-state index is 12.8. The molecule has 1 saturated carbocycles. The van der Waals surface area contributed by atoms with Gasteiger partial charge in [0.2, 0.25) is 5.91 Å². The Bertz CT molecular complexity index is 689. The largest absolute Gasteiger partial charge is 0.370 e. The number of piperazine rings is 1. The van der Waals surface area contributed by atoms with Gasteiger partial charge in [0, 0.05) is 62.5 Å². The van der Waals surface area contributed by atoms with Gasteiger partial charge in [0.25, 0.3) is 5.91 Å². The van der Waals surface area contributed by atoms with Crippen LogP contribution in [0.4, 0.5) is 0 Å². The number of nitrogens with one attached hydrogen (secondary N) is 1. The number of fused-ring (bicyclic) bond motifs is 1. The second kappa shape index (κ2) is 7.72. The summed E-state index contributed by atoms with van der Waals surface area (Å²) < 4.78 is 0. The standard InChI is InChI=1S/C19H27N5O2S/c1-22-16-5-3-2-4-13(16)17(14(10-20)18(22)25)23-6-8-24(9-7-23)19(26)15-11-27-12-21-15/h13,15-16,21H,2-9,11-12H2,1H3. The van der Waals surface area contributed by atoms with Crippen molar-refractivity contribution in [1.29, 1.82) is 5.26 Å². The lowest BCUT2D eigenvalue weighted by Crippen LogP contribution is -2.57. The second-order valence-electron chi connectivity index (χ2n) is 7.83. The maximum Gasteiger partial charge on any atom is 0.266 e. The molecule has 3 fully saturated rings. The highest BCUT2D eigenvalue weighted by Gasteiger charge is 2.43. The summed E-state index contributed by atoms with van der Waals surface area (Å²) in [6.45, 7) is 2.72. The Hall–Kier alpha value is -1.72. The van der Waals surface area contributed by atoms with Gasteiger partial charge in [-0.25, -0.2) is 0 Å². The van der Waals surface area contributed by atoms with Crippen LogP contribution < -0.4 is 5.32 Å². The van der Waals surface area contributed by atoms with Crippen LogP contribution in [0.5, 0.6) is 0 Å². The van der Waals surface area contributed by atoms with E-state index >= 15 is 0 Å². The van der Waals surface area contributed by atoms with Gasteiger partial charge in [0.1, 0.15) is 11.6 Å². The number of rotatable bonds is 2. The van der Waals surface area contributed by atoms with E-state index in [0.29, 0.717) is 31.8 Å². The van der Waals surface area contributed by atoms with Gasteiger partial charge in [0.05, 0.1) is 6.04 Å². The van der Waals surface area contributed by atoms with Crippen LogP contribution in [0.25, 0.3) is 0 Å². The van der Waals surface area contributed by atoms with Crippen LogP contribution in [-0.2, 0) is 9.59 Å². The average Bonchev–Trinajstić information content (AvgIpc) is 3.25. The minimum atomic E-state index is -0.138. The minimum Gasteiger partial charge on any atom is -0.370 e. The van der Waals surface area contributed by atoms with Crippen LogP contribution >= 0.6 is 11.8 Å². The zero-order valence-corrected chi connectivity index (χ0v) is 16.6. The van der Waals surface area contributed by atoms with E-state index < -0.39 is 0 Å². The molecule has 3 heterocycles. The fourth-order valence-corrected chi connectivity index (χ4v) is 5.89. The van der Waals surface area contributed by atoms with Crippen LogP contribution in [0.15, 0.2) is 11.3 Å². The normalized spacial score (nSPS) is 31.8. The molecular weight excluding hydrogens is 362 g/mol. The molecule has 4 aliphatic rings. The van der Waals surface area contributed by atoms with Crippen molar-refractivity contribution in [1.82, 2.24) is 20.0 Å². The lowest BCUT2D eigenvalue weighted by molar-refractivity contribution is -0.135. The first-order chi connectivity index (χ1) is 13.1. The number of likely N-dealkylation sites (N-methyl/N-ethyl adjacent to an activating group) is 1. The molecule has 1 N–H and O–H groups in total. The topological polar surface area (TPSA) is 79.7 Å². The molecule has 7 nitrogen and oxygen atoms in total. The smallest absolute Gasteiger partial charge is 0.266 e. The van der Waals surface area contributed by atoms with E-state index in [1.54, 1.807) is 16.7 Å². The molecule has 3 atom stereocenters. The molecule has 146 valence electrons. The van der Waals surface area contributed by atoms with Crippen molar-refractivity contribution >= 4 is 23.6 Å². The molecular formula is C19H27N5O2S. The summed E-state index contributed by atoms with van der Waals surface area (Å²) in [6, 6.07) is 2.34.